The van der Waals surface area contributed by atoms with Crippen LogP contribution in [0.5, 0.6) is 0 Å². The molecule has 0 saturated heterocycles. The zero-order valence-electron chi connectivity index (χ0n) is 7.66. The van der Waals surface area contributed by atoms with Crippen LogP contribution in [0.15, 0.2) is 24.3 Å². The summed E-state index contributed by atoms with van der Waals surface area (Å²) in [6.45, 7) is 1.90. The number of hydrogen-bond donors (Lipinski definition) is 2. The fourth-order valence-corrected chi connectivity index (χ4v) is 1.29. The van der Waals surface area contributed by atoms with E-state index in [1.165, 1.54) is 0 Å². The van der Waals surface area contributed by atoms with Gasteiger partial charge in [0.2, 0.25) is 5.91 Å². The van der Waals surface area contributed by atoms with Crippen molar-refractivity contribution in [1.82, 2.24) is 0 Å². The van der Waals surface area contributed by atoms with Gasteiger partial charge in [-0.25, -0.2) is 0 Å². The number of nitrogens with two attached hydrogens (primary N) is 2. The van der Waals surface area contributed by atoms with Gasteiger partial charge in [-0.05, 0) is 25.0 Å². The molecule has 1 rings (SSSR count). The molecule has 70 valence electrons. The van der Waals surface area contributed by atoms with Crippen LogP contribution in [-0.2, 0) is 6.42 Å². The van der Waals surface area contributed by atoms with Crippen LogP contribution < -0.4 is 11.5 Å². The number of amides is 1. The molecule has 1 atom stereocenters. The van der Waals surface area contributed by atoms with Crippen molar-refractivity contribution in [3.8, 4) is 0 Å². The van der Waals surface area contributed by atoms with Gasteiger partial charge in [0.25, 0.3) is 0 Å². The van der Waals surface area contributed by atoms with E-state index in [-0.39, 0.29) is 6.04 Å². The van der Waals surface area contributed by atoms with Crippen molar-refractivity contribution in [3.63, 3.8) is 0 Å². The molecule has 4 N–H and O–H groups in total. The molecular formula is C10H14N2O. The molecule has 0 heterocycles. The van der Waals surface area contributed by atoms with Crippen LogP contribution in [0.25, 0.3) is 0 Å². The summed E-state index contributed by atoms with van der Waals surface area (Å²) in [6, 6.07) is 7.32. The minimum Gasteiger partial charge on any atom is -0.366 e. The smallest absolute Gasteiger partial charge is 0.248 e. The third kappa shape index (κ3) is 2.56. The van der Waals surface area contributed by atoms with Crippen molar-refractivity contribution in [1.29, 1.82) is 0 Å². The average molecular weight is 178 g/mol. The summed E-state index contributed by atoms with van der Waals surface area (Å²) in [6.07, 6.45) is 0.680. The maximum atomic E-state index is 11.0. The summed E-state index contributed by atoms with van der Waals surface area (Å²) in [7, 11) is 0. The molecule has 0 aliphatic carbocycles. The highest BCUT2D eigenvalue weighted by atomic mass is 16.1. The highest BCUT2D eigenvalue weighted by molar-refractivity contribution is 5.94. The number of rotatable bonds is 3. The van der Waals surface area contributed by atoms with Gasteiger partial charge in [-0.15, -0.1) is 0 Å². The molecule has 13 heavy (non-hydrogen) atoms. The molecule has 0 saturated carbocycles. The highest BCUT2D eigenvalue weighted by Crippen LogP contribution is 2.09. The van der Waals surface area contributed by atoms with Crippen LogP contribution in [0.1, 0.15) is 22.8 Å². The lowest BCUT2D eigenvalue weighted by atomic mass is 10.0. The van der Waals surface area contributed by atoms with Gasteiger partial charge in [-0.2, -0.15) is 0 Å². The van der Waals surface area contributed by atoms with E-state index >= 15 is 0 Å². The fourth-order valence-electron chi connectivity index (χ4n) is 1.29. The van der Waals surface area contributed by atoms with E-state index in [1.807, 2.05) is 19.1 Å². The molecule has 0 bridgehead atoms. The predicted octanol–water partition coefficient (Wildman–Crippen LogP) is 0.675. The Bertz CT molecular complexity index is 308. The van der Waals surface area contributed by atoms with Gasteiger partial charge < -0.3 is 11.5 Å². The standard InChI is InChI=1S/C10H14N2O/c1-7(11)6-8-4-2-3-5-9(8)10(12)13/h2-5,7H,6,11H2,1H3,(H2,12,13)/t7-/m0/s1. The van der Waals surface area contributed by atoms with Gasteiger partial charge in [-0.1, -0.05) is 18.2 Å². The molecule has 0 radical (unpaired) electrons. The van der Waals surface area contributed by atoms with Gasteiger partial charge >= 0.3 is 0 Å². The third-order valence-electron chi connectivity index (χ3n) is 1.82. The van der Waals surface area contributed by atoms with Crippen molar-refractivity contribution >= 4 is 5.91 Å². The average Bonchev–Trinajstić information content (AvgIpc) is 2.03. The van der Waals surface area contributed by atoms with Gasteiger partial charge in [-0.3, -0.25) is 4.79 Å². The molecule has 0 aliphatic rings. The summed E-state index contributed by atoms with van der Waals surface area (Å²) in [5.41, 5.74) is 12.3. The maximum absolute atomic E-state index is 11.0. The quantitative estimate of drug-likeness (QED) is 0.714. The van der Waals surface area contributed by atoms with Crippen molar-refractivity contribution in [3.05, 3.63) is 35.4 Å². The van der Waals surface area contributed by atoms with Crippen molar-refractivity contribution in [2.75, 3.05) is 0 Å². The zero-order valence-corrected chi connectivity index (χ0v) is 7.66. The lowest BCUT2D eigenvalue weighted by Gasteiger charge is -2.08. The van der Waals surface area contributed by atoms with Crippen LogP contribution >= 0.6 is 0 Å². The Morgan fingerprint density at radius 2 is 2.08 bits per heavy atom. The largest absolute Gasteiger partial charge is 0.366 e. The van der Waals surface area contributed by atoms with E-state index in [0.717, 1.165) is 5.56 Å². The number of carbonyl (C=O) groups excluding carboxylic acids is 1. The molecular weight excluding hydrogens is 164 g/mol. The highest BCUT2D eigenvalue weighted by Gasteiger charge is 2.07. The Morgan fingerprint density at radius 1 is 1.46 bits per heavy atom. The first-order valence-corrected chi connectivity index (χ1v) is 4.24. The molecule has 0 aromatic heterocycles. The van der Waals surface area contributed by atoms with E-state index in [0.29, 0.717) is 12.0 Å². The Balaban J connectivity index is 2.98. The number of benzene rings is 1. The first kappa shape index (κ1) is 9.74. The lowest BCUT2D eigenvalue weighted by Crippen LogP contribution is -2.21. The summed E-state index contributed by atoms with van der Waals surface area (Å²) < 4.78 is 0. The summed E-state index contributed by atoms with van der Waals surface area (Å²) in [5, 5.41) is 0. The summed E-state index contributed by atoms with van der Waals surface area (Å²) in [4.78, 5) is 11.0. The number of carbonyl (C=O) groups is 1. The zero-order chi connectivity index (χ0) is 9.84. The molecule has 3 heteroatoms. The Morgan fingerprint density at radius 3 is 2.62 bits per heavy atom. The Hall–Kier alpha value is -1.35. The topological polar surface area (TPSA) is 69.1 Å². The van der Waals surface area contributed by atoms with Crippen molar-refractivity contribution in [2.45, 2.75) is 19.4 Å². The van der Waals surface area contributed by atoms with E-state index < -0.39 is 5.91 Å². The second-order valence-corrected chi connectivity index (χ2v) is 3.20. The Kier molecular flexibility index (Phi) is 3.03. The third-order valence-corrected chi connectivity index (χ3v) is 1.82. The minimum absolute atomic E-state index is 0.0421. The summed E-state index contributed by atoms with van der Waals surface area (Å²) >= 11 is 0. The lowest BCUT2D eigenvalue weighted by molar-refractivity contribution is 0.0999. The van der Waals surface area contributed by atoms with Crippen molar-refractivity contribution in [2.24, 2.45) is 11.5 Å². The molecule has 0 fully saturated rings. The first-order valence-electron chi connectivity index (χ1n) is 4.24. The number of primary amides is 1. The number of hydrogen-bond acceptors (Lipinski definition) is 2. The second kappa shape index (κ2) is 4.05. The van der Waals surface area contributed by atoms with Crippen LogP contribution in [0.3, 0.4) is 0 Å². The van der Waals surface area contributed by atoms with E-state index in [1.54, 1.807) is 12.1 Å². The molecule has 1 aromatic carbocycles. The fraction of sp³-hybridized carbons (Fsp3) is 0.300. The van der Waals surface area contributed by atoms with Gasteiger partial charge in [0, 0.05) is 11.6 Å². The maximum Gasteiger partial charge on any atom is 0.248 e. The van der Waals surface area contributed by atoms with Gasteiger partial charge in [0.15, 0.2) is 0 Å². The van der Waals surface area contributed by atoms with E-state index in [9.17, 15) is 4.79 Å². The molecule has 0 spiro atoms. The normalized spacial score (nSPS) is 12.5. The predicted molar refractivity (Wildman–Crippen MR) is 52.3 cm³/mol. The van der Waals surface area contributed by atoms with E-state index in [2.05, 4.69) is 0 Å². The monoisotopic (exact) mass is 178 g/mol. The molecule has 3 nitrogen and oxygen atoms in total. The Labute approximate surface area is 77.7 Å². The van der Waals surface area contributed by atoms with Crippen LogP contribution in [0.4, 0.5) is 0 Å². The first-order chi connectivity index (χ1) is 6.11. The second-order valence-electron chi connectivity index (χ2n) is 3.20. The molecule has 1 aromatic rings. The minimum atomic E-state index is -0.392. The molecule has 1 amide bonds. The molecule has 0 aliphatic heterocycles. The van der Waals surface area contributed by atoms with Gasteiger partial charge in [0.05, 0.1) is 0 Å². The van der Waals surface area contributed by atoms with Crippen LogP contribution in [0, 0.1) is 0 Å². The SMILES string of the molecule is C[C@H](N)Cc1ccccc1C(N)=O. The van der Waals surface area contributed by atoms with Gasteiger partial charge in [0.1, 0.15) is 0 Å². The van der Waals surface area contributed by atoms with Crippen LogP contribution in [-0.4, -0.2) is 11.9 Å². The van der Waals surface area contributed by atoms with Crippen molar-refractivity contribution < 1.29 is 4.79 Å². The van der Waals surface area contributed by atoms with E-state index in [4.69, 9.17) is 11.5 Å². The summed E-state index contributed by atoms with van der Waals surface area (Å²) in [5.74, 6) is -0.392. The van der Waals surface area contributed by atoms with Crippen LogP contribution in [0.2, 0.25) is 0 Å². The molecule has 0 unspecified atom stereocenters.